The molecule has 0 fully saturated rings. The van der Waals surface area contributed by atoms with Crippen molar-refractivity contribution in [3.05, 3.63) is 59.5 Å². The zero-order valence-electron chi connectivity index (χ0n) is 13.8. The first-order valence-electron chi connectivity index (χ1n) is 7.79. The predicted octanol–water partition coefficient (Wildman–Crippen LogP) is 3.54. The van der Waals surface area contributed by atoms with E-state index in [1.54, 1.807) is 24.1 Å². The van der Waals surface area contributed by atoms with Gasteiger partial charge in [-0.3, -0.25) is 9.36 Å². The van der Waals surface area contributed by atoms with Gasteiger partial charge in [0, 0.05) is 18.8 Å². The number of nitrogens with zero attached hydrogens (tertiary/aromatic N) is 5. The van der Waals surface area contributed by atoms with Gasteiger partial charge in [0.15, 0.2) is 0 Å². The summed E-state index contributed by atoms with van der Waals surface area (Å²) in [6.07, 6.45) is 3.70. The fourth-order valence-corrected chi connectivity index (χ4v) is 2.94. The summed E-state index contributed by atoms with van der Waals surface area (Å²) in [7, 11) is 3.53. The van der Waals surface area contributed by atoms with Crippen molar-refractivity contribution in [1.82, 2.24) is 24.5 Å². The van der Waals surface area contributed by atoms with E-state index in [0.717, 1.165) is 33.6 Å². The Balaban J connectivity index is 1.80. The SMILES string of the molecule is COc1ccc(Cn2nc(-c3cnn(C)c3)c3nc(Cl)ccc32)cc1. The summed E-state index contributed by atoms with van der Waals surface area (Å²) in [4.78, 5) is 4.48. The molecule has 0 spiro atoms. The first-order valence-corrected chi connectivity index (χ1v) is 8.17. The highest BCUT2D eigenvalue weighted by atomic mass is 35.5. The first kappa shape index (κ1) is 15.7. The molecule has 0 aliphatic rings. The molecule has 4 aromatic rings. The van der Waals surface area contributed by atoms with E-state index in [2.05, 4.69) is 10.1 Å². The van der Waals surface area contributed by atoms with Gasteiger partial charge in [-0.2, -0.15) is 10.2 Å². The number of aromatic nitrogens is 5. The Morgan fingerprint density at radius 2 is 1.92 bits per heavy atom. The highest BCUT2D eigenvalue weighted by Crippen LogP contribution is 2.28. The van der Waals surface area contributed by atoms with Gasteiger partial charge in [-0.1, -0.05) is 23.7 Å². The van der Waals surface area contributed by atoms with Crippen molar-refractivity contribution in [2.24, 2.45) is 7.05 Å². The van der Waals surface area contributed by atoms with Crippen molar-refractivity contribution in [3.8, 4) is 17.0 Å². The Morgan fingerprint density at radius 1 is 1.12 bits per heavy atom. The smallest absolute Gasteiger partial charge is 0.130 e. The molecule has 0 unspecified atom stereocenters. The van der Waals surface area contributed by atoms with Gasteiger partial charge in [-0.05, 0) is 29.8 Å². The Morgan fingerprint density at radius 3 is 2.60 bits per heavy atom. The fourth-order valence-electron chi connectivity index (χ4n) is 2.79. The minimum Gasteiger partial charge on any atom is -0.497 e. The molecule has 25 heavy (non-hydrogen) atoms. The van der Waals surface area contributed by atoms with E-state index in [-0.39, 0.29) is 0 Å². The highest BCUT2D eigenvalue weighted by Gasteiger charge is 2.16. The Bertz CT molecular complexity index is 1040. The average Bonchev–Trinajstić information content (AvgIpc) is 3.19. The fraction of sp³-hybridized carbons (Fsp3) is 0.167. The second kappa shape index (κ2) is 6.22. The van der Waals surface area contributed by atoms with E-state index in [9.17, 15) is 0 Å². The molecule has 0 radical (unpaired) electrons. The number of pyridine rings is 1. The molecule has 3 heterocycles. The van der Waals surface area contributed by atoms with Crippen LogP contribution >= 0.6 is 11.6 Å². The van der Waals surface area contributed by atoms with Crippen molar-refractivity contribution < 1.29 is 4.74 Å². The van der Waals surface area contributed by atoms with Gasteiger partial charge < -0.3 is 4.74 Å². The largest absolute Gasteiger partial charge is 0.497 e. The van der Waals surface area contributed by atoms with Gasteiger partial charge >= 0.3 is 0 Å². The average molecular weight is 354 g/mol. The second-order valence-corrected chi connectivity index (χ2v) is 6.15. The Kier molecular flexibility index (Phi) is 3.89. The van der Waals surface area contributed by atoms with E-state index in [0.29, 0.717) is 11.7 Å². The molecule has 0 aliphatic carbocycles. The zero-order chi connectivity index (χ0) is 17.4. The molecule has 0 N–H and O–H groups in total. The second-order valence-electron chi connectivity index (χ2n) is 5.76. The quantitative estimate of drug-likeness (QED) is 0.526. The summed E-state index contributed by atoms with van der Waals surface area (Å²) in [6.45, 7) is 0.629. The third kappa shape index (κ3) is 2.96. The normalized spacial score (nSPS) is 11.2. The number of methoxy groups -OCH3 is 1. The number of aryl methyl sites for hydroxylation is 1. The van der Waals surface area contributed by atoms with Crippen molar-refractivity contribution in [1.29, 1.82) is 0 Å². The van der Waals surface area contributed by atoms with E-state index >= 15 is 0 Å². The highest BCUT2D eigenvalue weighted by molar-refractivity contribution is 6.29. The molecule has 0 amide bonds. The van der Waals surface area contributed by atoms with Crippen LogP contribution in [0, 0.1) is 0 Å². The molecule has 7 heteroatoms. The first-order chi connectivity index (χ1) is 12.1. The van der Waals surface area contributed by atoms with E-state index < -0.39 is 0 Å². The minimum absolute atomic E-state index is 0.446. The molecule has 3 aromatic heterocycles. The van der Waals surface area contributed by atoms with Crippen LogP contribution in [0.2, 0.25) is 5.15 Å². The third-order valence-corrected chi connectivity index (χ3v) is 4.24. The summed E-state index contributed by atoms with van der Waals surface area (Å²) in [5.41, 5.74) is 4.51. The third-order valence-electron chi connectivity index (χ3n) is 4.03. The van der Waals surface area contributed by atoms with Gasteiger partial charge in [0.2, 0.25) is 0 Å². The van der Waals surface area contributed by atoms with Crippen molar-refractivity contribution >= 4 is 22.6 Å². The van der Waals surface area contributed by atoms with Crippen LogP contribution in [0.1, 0.15) is 5.56 Å². The number of fused-ring (bicyclic) bond motifs is 1. The van der Waals surface area contributed by atoms with E-state index in [1.807, 2.05) is 48.3 Å². The van der Waals surface area contributed by atoms with Crippen LogP contribution in [0.3, 0.4) is 0 Å². The minimum atomic E-state index is 0.446. The van der Waals surface area contributed by atoms with Crippen LogP contribution < -0.4 is 4.74 Å². The maximum Gasteiger partial charge on any atom is 0.130 e. The zero-order valence-corrected chi connectivity index (χ0v) is 14.6. The van der Waals surface area contributed by atoms with Crippen LogP contribution in [0.4, 0.5) is 0 Å². The summed E-state index contributed by atoms with van der Waals surface area (Å²) in [5.74, 6) is 0.832. The van der Waals surface area contributed by atoms with Crippen LogP contribution in [0.15, 0.2) is 48.8 Å². The lowest BCUT2D eigenvalue weighted by Gasteiger charge is -2.05. The van der Waals surface area contributed by atoms with Crippen LogP contribution in [-0.4, -0.2) is 31.7 Å². The topological polar surface area (TPSA) is 57.8 Å². The monoisotopic (exact) mass is 353 g/mol. The molecule has 4 rings (SSSR count). The molecular weight excluding hydrogens is 338 g/mol. The lowest BCUT2D eigenvalue weighted by Crippen LogP contribution is -2.01. The summed E-state index contributed by atoms with van der Waals surface area (Å²) in [6, 6.07) is 11.7. The maximum atomic E-state index is 6.10. The molecule has 0 saturated carbocycles. The Labute approximate surface area is 149 Å². The molecule has 0 atom stereocenters. The molecular formula is C18H16ClN5O. The van der Waals surface area contributed by atoms with Gasteiger partial charge in [0.25, 0.3) is 0 Å². The van der Waals surface area contributed by atoms with Crippen LogP contribution in [0.25, 0.3) is 22.3 Å². The van der Waals surface area contributed by atoms with Crippen molar-refractivity contribution in [3.63, 3.8) is 0 Å². The van der Waals surface area contributed by atoms with Crippen molar-refractivity contribution in [2.75, 3.05) is 7.11 Å². The number of hydrogen-bond acceptors (Lipinski definition) is 4. The van der Waals surface area contributed by atoms with E-state index in [4.69, 9.17) is 21.4 Å². The van der Waals surface area contributed by atoms with Crippen molar-refractivity contribution in [2.45, 2.75) is 6.54 Å². The summed E-state index contributed by atoms with van der Waals surface area (Å²) in [5, 5.41) is 9.44. The summed E-state index contributed by atoms with van der Waals surface area (Å²) < 4.78 is 8.89. The number of halogens is 1. The Hall–Kier alpha value is -2.86. The molecule has 6 nitrogen and oxygen atoms in total. The molecule has 0 aliphatic heterocycles. The van der Waals surface area contributed by atoms with Gasteiger partial charge in [-0.15, -0.1) is 0 Å². The van der Waals surface area contributed by atoms with Gasteiger partial charge in [0.1, 0.15) is 22.1 Å². The number of ether oxygens (including phenoxy) is 1. The van der Waals surface area contributed by atoms with Crippen LogP contribution in [-0.2, 0) is 13.6 Å². The summed E-state index contributed by atoms with van der Waals surface area (Å²) >= 11 is 6.10. The maximum absolute atomic E-state index is 6.10. The molecule has 1 aromatic carbocycles. The lowest BCUT2D eigenvalue weighted by atomic mass is 10.2. The van der Waals surface area contributed by atoms with Crippen LogP contribution in [0.5, 0.6) is 5.75 Å². The molecule has 0 bridgehead atoms. The number of hydrogen-bond donors (Lipinski definition) is 0. The van der Waals surface area contributed by atoms with Gasteiger partial charge in [0.05, 0.1) is 25.4 Å². The number of benzene rings is 1. The predicted molar refractivity (Wildman–Crippen MR) is 96.8 cm³/mol. The standard InChI is InChI=1S/C18H16ClN5O/c1-23-11-13(9-20-23)17-18-15(7-8-16(19)21-18)24(22-17)10-12-3-5-14(25-2)6-4-12/h3-9,11H,10H2,1-2H3. The molecule has 126 valence electrons. The number of rotatable bonds is 4. The lowest BCUT2D eigenvalue weighted by molar-refractivity contribution is 0.414. The molecule has 0 saturated heterocycles. The van der Waals surface area contributed by atoms with E-state index in [1.165, 1.54) is 0 Å². The van der Waals surface area contributed by atoms with Gasteiger partial charge in [-0.25, -0.2) is 4.98 Å².